The first-order valence-corrected chi connectivity index (χ1v) is 17.4. The fourth-order valence-corrected chi connectivity index (χ4v) is 5.78. The molecule has 0 aliphatic rings. The number of ether oxygens (including phenoxy) is 3. The van der Waals surface area contributed by atoms with Crippen molar-refractivity contribution in [2.45, 2.75) is 71.3 Å². The number of benzene rings is 4. The monoisotopic (exact) mass is 661 g/mol. The zero-order chi connectivity index (χ0) is 34.4. The van der Waals surface area contributed by atoms with Gasteiger partial charge in [0.2, 0.25) is 5.91 Å². The topological polar surface area (TPSA) is 103 Å². The minimum Gasteiger partial charge on any atom is -0.497 e. The second-order valence-corrected chi connectivity index (χ2v) is 12.2. The van der Waals surface area contributed by atoms with Crippen molar-refractivity contribution in [3.8, 4) is 22.8 Å². The lowest BCUT2D eigenvalue weighted by atomic mass is 9.99. The first-order valence-electron chi connectivity index (χ1n) is 17.4. The maximum atomic E-state index is 13.4. The summed E-state index contributed by atoms with van der Waals surface area (Å²) in [5.74, 6) is 1.51. The molecule has 256 valence electrons. The number of fused-ring (bicyclic) bond motifs is 1. The lowest BCUT2D eigenvalue weighted by Gasteiger charge is -2.20. The molecule has 0 saturated carbocycles. The van der Waals surface area contributed by atoms with Crippen LogP contribution in [0.2, 0.25) is 0 Å². The molecule has 0 fully saturated rings. The number of H-pyrrole nitrogens is 1. The van der Waals surface area contributed by atoms with Gasteiger partial charge in [-0.25, -0.2) is 9.78 Å². The van der Waals surface area contributed by atoms with Crippen LogP contribution in [0.1, 0.15) is 85.7 Å². The second-order valence-electron chi connectivity index (χ2n) is 12.2. The van der Waals surface area contributed by atoms with Crippen LogP contribution in [0.3, 0.4) is 0 Å². The van der Waals surface area contributed by atoms with E-state index in [1.165, 1.54) is 0 Å². The van der Waals surface area contributed by atoms with E-state index >= 15 is 0 Å². The van der Waals surface area contributed by atoms with Gasteiger partial charge in [-0.3, -0.25) is 4.79 Å². The van der Waals surface area contributed by atoms with Gasteiger partial charge in [0, 0.05) is 18.4 Å². The van der Waals surface area contributed by atoms with Gasteiger partial charge < -0.3 is 24.5 Å². The van der Waals surface area contributed by atoms with Crippen LogP contribution in [-0.2, 0) is 22.4 Å². The molecule has 0 radical (unpaired) electrons. The van der Waals surface area contributed by atoms with Crippen LogP contribution < -0.4 is 14.8 Å². The van der Waals surface area contributed by atoms with Crippen molar-refractivity contribution in [2.75, 3.05) is 20.3 Å². The molecular weight excluding hydrogens is 614 g/mol. The van der Waals surface area contributed by atoms with Crippen LogP contribution in [0.15, 0.2) is 91.1 Å². The van der Waals surface area contributed by atoms with E-state index < -0.39 is 12.0 Å². The number of imidazole rings is 1. The maximum absolute atomic E-state index is 13.4. The lowest BCUT2D eigenvalue weighted by molar-refractivity contribution is -0.121. The third-order valence-corrected chi connectivity index (χ3v) is 8.58. The summed E-state index contributed by atoms with van der Waals surface area (Å²) >= 11 is 0. The van der Waals surface area contributed by atoms with E-state index in [2.05, 4.69) is 48.4 Å². The van der Waals surface area contributed by atoms with E-state index in [0.717, 1.165) is 76.8 Å². The van der Waals surface area contributed by atoms with Crippen LogP contribution in [-0.4, -0.2) is 42.2 Å². The van der Waals surface area contributed by atoms with Gasteiger partial charge in [-0.15, -0.1) is 0 Å². The minimum atomic E-state index is -0.452. The number of hydrogen-bond donors (Lipinski definition) is 2. The Labute approximate surface area is 289 Å². The van der Waals surface area contributed by atoms with Crippen molar-refractivity contribution in [3.05, 3.63) is 114 Å². The molecule has 1 unspecified atom stereocenters. The van der Waals surface area contributed by atoms with Gasteiger partial charge in [0.15, 0.2) is 0 Å². The number of hydrogen-bond acceptors (Lipinski definition) is 6. The fourth-order valence-electron chi connectivity index (χ4n) is 5.78. The summed E-state index contributed by atoms with van der Waals surface area (Å²) in [6, 6.07) is 27.5. The second kappa shape index (κ2) is 17.9. The zero-order valence-electron chi connectivity index (χ0n) is 28.8. The number of aromatic nitrogens is 2. The van der Waals surface area contributed by atoms with E-state index in [1.807, 2.05) is 60.8 Å². The Morgan fingerprint density at radius 1 is 0.878 bits per heavy atom. The van der Waals surface area contributed by atoms with Gasteiger partial charge in [-0.05, 0) is 71.8 Å². The Balaban J connectivity index is 1.39. The van der Waals surface area contributed by atoms with Crippen LogP contribution in [0.4, 0.5) is 0 Å². The van der Waals surface area contributed by atoms with Gasteiger partial charge >= 0.3 is 5.97 Å². The number of aromatic amines is 1. The number of esters is 1. The number of nitrogens with one attached hydrogen (secondary N) is 2. The number of methoxy groups -OCH3 is 1. The molecule has 1 aromatic heterocycles. The standard InChI is InChI=1S/C41H47N3O5/c1-4-6-24-48-38-23-20-31(26-35(38)41(46)49-25-7-5-2)36(44-40(45)17-10-12-29-18-21-32(47-3)22-19-29)27-39-42-28-37(43-39)34-16-11-14-30-13-8-9-15-33(30)34/h8-9,11,13-16,18-23,26,28,36H,4-7,10,12,17,24-25,27H2,1-3H3,(H,42,43)(H,44,45). The first kappa shape index (κ1) is 35.2. The average Bonchev–Trinajstić information content (AvgIpc) is 3.60. The predicted molar refractivity (Wildman–Crippen MR) is 194 cm³/mol. The molecule has 49 heavy (non-hydrogen) atoms. The SMILES string of the molecule is CCCCOC(=O)c1cc(C(Cc2ncc(-c3cccc4ccccc34)[nH]2)NC(=O)CCCc2ccc(OC)cc2)ccc1OCCCC. The highest BCUT2D eigenvalue weighted by molar-refractivity contribution is 5.95. The summed E-state index contributed by atoms with van der Waals surface area (Å²) in [7, 11) is 1.65. The molecular formula is C41H47N3O5. The third kappa shape index (κ3) is 9.72. The van der Waals surface area contributed by atoms with E-state index in [1.54, 1.807) is 13.2 Å². The lowest BCUT2D eigenvalue weighted by Crippen LogP contribution is -2.30. The van der Waals surface area contributed by atoms with Gasteiger partial charge in [-0.2, -0.15) is 0 Å². The summed E-state index contributed by atoms with van der Waals surface area (Å²) in [6.45, 7) is 4.99. The normalized spacial score (nSPS) is 11.7. The Hall–Kier alpha value is -5.11. The van der Waals surface area contributed by atoms with Crippen molar-refractivity contribution >= 4 is 22.6 Å². The van der Waals surface area contributed by atoms with Crippen molar-refractivity contribution in [1.29, 1.82) is 0 Å². The fraction of sp³-hybridized carbons (Fsp3) is 0.341. The summed E-state index contributed by atoms with van der Waals surface area (Å²) in [5, 5.41) is 5.52. The van der Waals surface area contributed by atoms with E-state index in [0.29, 0.717) is 43.8 Å². The number of nitrogens with zero attached hydrogens (tertiary/aromatic N) is 1. The number of unbranched alkanes of at least 4 members (excludes halogenated alkanes) is 2. The van der Waals surface area contributed by atoms with Gasteiger partial charge in [-0.1, -0.05) is 87.4 Å². The molecule has 5 rings (SSSR count). The van der Waals surface area contributed by atoms with Crippen LogP contribution in [0.5, 0.6) is 11.5 Å². The number of carbonyl (C=O) groups is 2. The molecule has 1 atom stereocenters. The number of amides is 1. The molecule has 8 nitrogen and oxygen atoms in total. The zero-order valence-corrected chi connectivity index (χ0v) is 28.8. The molecule has 0 aliphatic carbocycles. The molecule has 1 heterocycles. The van der Waals surface area contributed by atoms with E-state index in [-0.39, 0.29) is 5.91 Å². The summed E-state index contributed by atoms with van der Waals surface area (Å²) in [6.07, 6.45) is 7.60. The van der Waals surface area contributed by atoms with Gasteiger partial charge in [0.25, 0.3) is 0 Å². The number of rotatable bonds is 18. The molecule has 5 aromatic rings. The third-order valence-electron chi connectivity index (χ3n) is 8.58. The highest BCUT2D eigenvalue weighted by atomic mass is 16.5. The van der Waals surface area contributed by atoms with Crippen LogP contribution in [0.25, 0.3) is 22.0 Å². The Bertz CT molecular complexity index is 1810. The molecule has 0 aliphatic heterocycles. The molecule has 2 N–H and O–H groups in total. The highest BCUT2D eigenvalue weighted by Crippen LogP contribution is 2.30. The largest absolute Gasteiger partial charge is 0.497 e. The molecule has 8 heteroatoms. The average molecular weight is 662 g/mol. The smallest absolute Gasteiger partial charge is 0.341 e. The summed E-state index contributed by atoms with van der Waals surface area (Å²) in [4.78, 5) is 35.0. The summed E-state index contributed by atoms with van der Waals surface area (Å²) in [5.41, 5.74) is 4.24. The van der Waals surface area contributed by atoms with E-state index in [4.69, 9.17) is 19.2 Å². The van der Waals surface area contributed by atoms with Crippen molar-refractivity contribution < 1.29 is 23.8 Å². The molecule has 4 aromatic carbocycles. The number of carbonyl (C=O) groups excluding carboxylic acids is 2. The predicted octanol–water partition coefficient (Wildman–Crippen LogP) is 8.80. The Morgan fingerprint density at radius 3 is 2.45 bits per heavy atom. The van der Waals surface area contributed by atoms with Crippen LogP contribution >= 0.6 is 0 Å². The maximum Gasteiger partial charge on any atom is 0.341 e. The molecule has 0 bridgehead atoms. The summed E-state index contributed by atoms with van der Waals surface area (Å²) < 4.78 is 16.9. The minimum absolute atomic E-state index is 0.0744. The molecule has 0 spiro atoms. The Morgan fingerprint density at radius 2 is 1.65 bits per heavy atom. The van der Waals surface area contributed by atoms with Gasteiger partial charge in [0.05, 0.1) is 38.3 Å². The van der Waals surface area contributed by atoms with Crippen molar-refractivity contribution in [1.82, 2.24) is 15.3 Å². The van der Waals surface area contributed by atoms with Crippen molar-refractivity contribution in [2.24, 2.45) is 0 Å². The molecule has 1 amide bonds. The molecule has 0 saturated heterocycles. The van der Waals surface area contributed by atoms with Crippen molar-refractivity contribution in [3.63, 3.8) is 0 Å². The van der Waals surface area contributed by atoms with Crippen LogP contribution in [0, 0.1) is 0 Å². The first-order chi connectivity index (χ1) is 24.0. The van der Waals surface area contributed by atoms with Gasteiger partial charge in [0.1, 0.15) is 22.9 Å². The number of aryl methyl sites for hydroxylation is 1. The Kier molecular flexibility index (Phi) is 12.8. The highest BCUT2D eigenvalue weighted by Gasteiger charge is 2.22. The quantitative estimate of drug-likeness (QED) is 0.0719. The van der Waals surface area contributed by atoms with E-state index in [9.17, 15) is 9.59 Å².